The number of likely N-dealkylation sites (N-methyl/N-ethyl adjacent to an activating group) is 1. The first-order valence-electron chi connectivity index (χ1n) is 10.7. The smallest absolute Gasteiger partial charge is 0.416 e. The Morgan fingerprint density at radius 1 is 1.12 bits per heavy atom. The summed E-state index contributed by atoms with van der Waals surface area (Å²) in [6.07, 6.45) is -2.47. The summed E-state index contributed by atoms with van der Waals surface area (Å²) in [6, 6.07) is 12.8. The first kappa shape index (κ1) is 24.1. The van der Waals surface area contributed by atoms with Gasteiger partial charge in [-0.05, 0) is 49.2 Å². The predicted octanol–water partition coefficient (Wildman–Crippen LogP) is 4.05. The molecule has 0 atom stereocenters. The lowest BCUT2D eigenvalue weighted by Crippen LogP contribution is -2.38. The first-order chi connectivity index (χ1) is 15.3. The number of benzene rings is 2. The fourth-order valence-corrected chi connectivity index (χ4v) is 3.67. The summed E-state index contributed by atoms with van der Waals surface area (Å²) < 4.78 is 49.7. The average Bonchev–Trinajstić information content (AvgIpc) is 2.78. The van der Waals surface area contributed by atoms with Gasteiger partial charge < -0.3 is 14.8 Å². The Morgan fingerprint density at radius 3 is 2.59 bits per heavy atom. The number of halogens is 3. The summed E-state index contributed by atoms with van der Waals surface area (Å²) in [5.41, 5.74) is 0.427. The van der Waals surface area contributed by atoms with E-state index in [1.165, 1.54) is 12.1 Å². The zero-order chi connectivity index (χ0) is 23.0. The van der Waals surface area contributed by atoms with Gasteiger partial charge in [-0.1, -0.05) is 30.3 Å². The maximum atomic E-state index is 12.8. The second kappa shape index (κ2) is 11.3. The SMILES string of the molecule is CN(CCOc1cccc(CNC(=O)Cc2cccc(C(F)(F)F)c2)c1)C1CCOCC1. The number of carbonyl (C=O) groups excluding carboxylic acids is 1. The van der Waals surface area contributed by atoms with Crippen LogP contribution < -0.4 is 10.1 Å². The van der Waals surface area contributed by atoms with Gasteiger partial charge in [0.05, 0.1) is 12.0 Å². The van der Waals surface area contributed by atoms with Gasteiger partial charge in [0.25, 0.3) is 0 Å². The van der Waals surface area contributed by atoms with Crippen molar-refractivity contribution < 1.29 is 27.4 Å². The summed E-state index contributed by atoms with van der Waals surface area (Å²) in [5.74, 6) is 0.378. The van der Waals surface area contributed by atoms with Crippen molar-refractivity contribution in [2.24, 2.45) is 0 Å². The molecule has 0 bridgehead atoms. The van der Waals surface area contributed by atoms with Crippen LogP contribution in [-0.2, 0) is 28.7 Å². The third-order valence-electron chi connectivity index (χ3n) is 5.53. The van der Waals surface area contributed by atoms with E-state index in [-0.39, 0.29) is 18.9 Å². The van der Waals surface area contributed by atoms with Gasteiger partial charge in [-0.15, -0.1) is 0 Å². The van der Waals surface area contributed by atoms with Gasteiger partial charge in [0.15, 0.2) is 0 Å². The van der Waals surface area contributed by atoms with Crippen molar-refractivity contribution in [1.29, 1.82) is 0 Å². The van der Waals surface area contributed by atoms with Crippen molar-refractivity contribution >= 4 is 5.91 Å². The maximum Gasteiger partial charge on any atom is 0.416 e. The number of rotatable bonds is 9. The highest BCUT2D eigenvalue weighted by atomic mass is 19.4. The molecule has 1 aliphatic rings. The molecule has 0 radical (unpaired) electrons. The van der Waals surface area contributed by atoms with Gasteiger partial charge in [0, 0.05) is 32.3 Å². The van der Waals surface area contributed by atoms with Crippen molar-refractivity contribution in [3.05, 3.63) is 65.2 Å². The second-order valence-electron chi connectivity index (χ2n) is 7.97. The van der Waals surface area contributed by atoms with Crippen LogP contribution in [0.4, 0.5) is 13.2 Å². The molecule has 0 aliphatic carbocycles. The number of hydrogen-bond acceptors (Lipinski definition) is 4. The molecule has 0 aromatic heterocycles. The molecule has 5 nitrogen and oxygen atoms in total. The lowest BCUT2D eigenvalue weighted by Gasteiger charge is -2.31. The number of hydrogen-bond donors (Lipinski definition) is 1. The van der Waals surface area contributed by atoms with E-state index < -0.39 is 11.7 Å². The van der Waals surface area contributed by atoms with Gasteiger partial charge in [0.2, 0.25) is 5.91 Å². The van der Waals surface area contributed by atoms with Crippen LogP contribution in [0.5, 0.6) is 5.75 Å². The van der Waals surface area contributed by atoms with E-state index in [0.717, 1.165) is 56.0 Å². The molecule has 32 heavy (non-hydrogen) atoms. The van der Waals surface area contributed by atoms with E-state index in [1.807, 2.05) is 24.3 Å². The summed E-state index contributed by atoms with van der Waals surface area (Å²) in [7, 11) is 2.09. The Bertz CT molecular complexity index is 883. The molecule has 2 aromatic rings. The molecule has 1 saturated heterocycles. The Hall–Kier alpha value is -2.58. The van der Waals surface area contributed by atoms with Crippen molar-refractivity contribution in [1.82, 2.24) is 10.2 Å². The van der Waals surface area contributed by atoms with Crippen LogP contribution in [0.25, 0.3) is 0 Å². The fraction of sp³-hybridized carbons (Fsp3) is 0.458. The molecule has 1 fully saturated rings. The van der Waals surface area contributed by atoms with Crippen molar-refractivity contribution in [2.75, 3.05) is 33.4 Å². The minimum Gasteiger partial charge on any atom is -0.492 e. The van der Waals surface area contributed by atoms with Crippen molar-refractivity contribution in [3.8, 4) is 5.75 Å². The standard InChI is InChI=1S/C24H29F3N2O3/c1-29(21-8-11-31-12-9-21)10-13-32-22-7-3-5-19(15-22)17-28-23(30)16-18-4-2-6-20(14-18)24(25,26)27/h2-7,14-15,21H,8-13,16-17H2,1H3,(H,28,30). The number of alkyl halides is 3. The Labute approximate surface area is 186 Å². The highest BCUT2D eigenvalue weighted by Crippen LogP contribution is 2.29. The lowest BCUT2D eigenvalue weighted by atomic mass is 10.1. The number of nitrogens with zero attached hydrogens (tertiary/aromatic N) is 1. The molecule has 1 heterocycles. The maximum absolute atomic E-state index is 12.8. The van der Waals surface area contributed by atoms with Crippen LogP contribution in [0.1, 0.15) is 29.5 Å². The van der Waals surface area contributed by atoms with Gasteiger partial charge >= 0.3 is 6.18 Å². The summed E-state index contributed by atoms with van der Waals surface area (Å²) in [6.45, 7) is 3.24. The third kappa shape index (κ3) is 7.53. The van der Waals surface area contributed by atoms with E-state index in [0.29, 0.717) is 18.2 Å². The molecule has 0 saturated carbocycles. The predicted molar refractivity (Wildman–Crippen MR) is 115 cm³/mol. The highest BCUT2D eigenvalue weighted by molar-refractivity contribution is 5.78. The van der Waals surface area contributed by atoms with Gasteiger partial charge in [-0.3, -0.25) is 9.69 Å². The zero-order valence-electron chi connectivity index (χ0n) is 18.2. The fourth-order valence-electron chi connectivity index (χ4n) is 3.67. The van der Waals surface area contributed by atoms with E-state index >= 15 is 0 Å². The molecule has 3 rings (SSSR count). The molecule has 1 aliphatic heterocycles. The Morgan fingerprint density at radius 2 is 1.84 bits per heavy atom. The third-order valence-corrected chi connectivity index (χ3v) is 5.53. The van der Waals surface area contributed by atoms with E-state index in [9.17, 15) is 18.0 Å². The topological polar surface area (TPSA) is 50.8 Å². The summed E-state index contributed by atoms with van der Waals surface area (Å²) in [5, 5.41) is 2.75. The molecule has 0 spiro atoms. The van der Waals surface area contributed by atoms with Crippen LogP contribution >= 0.6 is 0 Å². The molecule has 1 amide bonds. The summed E-state index contributed by atoms with van der Waals surface area (Å²) in [4.78, 5) is 14.5. The quantitative estimate of drug-likeness (QED) is 0.626. The van der Waals surface area contributed by atoms with Crippen molar-refractivity contribution in [3.63, 3.8) is 0 Å². The monoisotopic (exact) mass is 450 g/mol. The van der Waals surface area contributed by atoms with Crippen LogP contribution in [0, 0.1) is 0 Å². The average molecular weight is 451 g/mol. The molecule has 1 N–H and O–H groups in total. The number of amides is 1. The largest absolute Gasteiger partial charge is 0.492 e. The molecule has 2 aromatic carbocycles. The van der Waals surface area contributed by atoms with Crippen LogP contribution in [0.3, 0.4) is 0 Å². The lowest BCUT2D eigenvalue weighted by molar-refractivity contribution is -0.137. The van der Waals surface area contributed by atoms with Crippen LogP contribution in [-0.4, -0.2) is 50.3 Å². The molecule has 0 unspecified atom stereocenters. The summed E-state index contributed by atoms with van der Waals surface area (Å²) >= 11 is 0. The first-order valence-corrected chi connectivity index (χ1v) is 10.7. The van der Waals surface area contributed by atoms with E-state index in [1.54, 1.807) is 0 Å². The highest BCUT2D eigenvalue weighted by Gasteiger charge is 2.30. The van der Waals surface area contributed by atoms with Gasteiger partial charge in [0.1, 0.15) is 12.4 Å². The number of ether oxygens (including phenoxy) is 2. The number of nitrogens with one attached hydrogen (secondary N) is 1. The van der Waals surface area contributed by atoms with Crippen LogP contribution in [0.15, 0.2) is 48.5 Å². The normalized spacial score (nSPS) is 15.0. The van der Waals surface area contributed by atoms with E-state index in [2.05, 4.69) is 17.3 Å². The Kier molecular flexibility index (Phi) is 8.53. The second-order valence-corrected chi connectivity index (χ2v) is 7.97. The molecular weight excluding hydrogens is 421 g/mol. The molecular formula is C24H29F3N2O3. The molecule has 174 valence electrons. The van der Waals surface area contributed by atoms with Crippen LogP contribution in [0.2, 0.25) is 0 Å². The van der Waals surface area contributed by atoms with Gasteiger partial charge in [-0.2, -0.15) is 13.2 Å². The van der Waals surface area contributed by atoms with E-state index in [4.69, 9.17) is 9.47 Å². The van der Waals surface area contributed by atoms with Gasteiger partial charge in [-0.25, -0.2) is 0 Å². The number of carbonyl (C=O) groups is 1. The molecule has 8 heteroatoms. The minimum atomic E-state index is -4.42. The minimum absolute atomic E-state index is 0.112. The zero-order valence-corrected chi connectivity index (χ0v) is 18.2. The van der Waals surface area contributed by atoms with Crippen molar-refractivity contribution in [2.45, 2.75) is 38.0 Å². The Balaban J connectivity index is 1.44.